The van der Waals surface area contributed by atoms with Crippen molar-refractivity contribution in [2.45, 2.75) is 37.6 Å². The first-order chi connectivity index (χ1) is 13.0. The topological polar surface area (TPSA) is 55.4 Å². The molecule has 1 aliphatic carbocycles. The molecule has 4 nitrogen and oxygen atoms in total. The number of ether oxygens (including phenoxy) is 1. The average Bonchev–Trinajstić information content (AvgIpc) is 3.17. The molecular weight excluding hydrogens is 385 g/mol. The number of hydrogen-bond donors (Lipinski definition) is 1. The maximum atomic E-state index is 12.8. The van der Waals surface area contributed by atoms with E-state index in [1.807, 2.05) is 30.3 Å². The van der Waals surface area contributed by atoms with E-state index in [4.69, 9.17) is 27.9 Å². The molecule has 0 aromatic heterocycles. The molecule has 1 saturated carbocycles. The summed E-state index contributed by atoms with van der Waals surface area (Å²) in [6.45, 7) is -0.0169. The number of carbonyl (C=O) groups is 2. The van der Waals surface area contributed by atoms with Crippen molar-refractivity contribution < 1.29 is 14.3 Å². The lowest BCUT2D eigenvalue weighted by atomic mass is 9.79. The zero-order valence-corrected chi connectivity index (χ0v) is 16.4. The maximum Gasteiger partial charge on any atom is 0.317 e. The number of hydrogen-bond acceptors (Lipinski definition) is 3. The summed E-state index contributed by atoms with van der Waals surface area (Å²) in [6, 6.07) is 14.6. The van der Waals surface area contributed by atoms with Gasteiger partial charge in [-0.05, 0) is 42.2 Å². The zero-order chi connectivity index (χ0) is 19.3. The molecule has 1 N–H and O–H groups in total. The lowest BCUT2D eigenvalue weighted by Gasteiger charge is -2.27. The van der Waals surface area contributed by atoms with Gasteiger partial charge in [-0.15, -0.1) is 0 Å². The Morgan fingerprint density at radius 1 is 1.00 bits per heavy atom. The fourth-order valence-corrected chi connectivity index (χ4v) is 3.84. The Hall–Kier alpha value is -2.04. The van der Waals surface area contributed by atoms with Crippen molar-refractivity contribution in [2.24, 2.45) is 0 Å². The molecule has 0 heterocycles. The highest BCUT2D eigenvalue weighted by Gasteiger charge is 2.44. The van der Waals surface area contributed by atoms with E-state index in [0.29, 0.717) is 29.4 Å². The van der Waals surface area contributed by atoms with Gasteiger partial charge in [-0.1, -0.05) is 66.4 Å². The van der Waals surface area contributed by atoms with Crippen molar-refractivity contribution in [3.05, 3.63) is 69.7 Å². The Morgan fingerprint density at radius 2 is 1.67 bits per heavy atom. The van der Waals surface area contributed by atoms with Crippen molar-refractivity contribution in [2.75, 3.05) is 6.61 Å². The highest BCUT2D eigenvalue weighted by atomic mass is 35.5. The molecule has 0 spiro atoms. The van der Waals surface area contributed by atoms with E-state index in [9.17, 15) is 9.59 Å². The number of amides is 1. The van der Waals surface area contributed by atoms with Crippen molar-refractivity contribution >= 4 is 35.1 Å². The van der Waals surface area contributed by atoms with Crippen LogP contribution in [0.2, 0.25) is 10.0 Å². The van der Waals surface area contributed by atoms with Gasteiger partial charge in [0.05, 0.1) is 5.41 Å². The molecule has 6 heteroatoms. The van der Waals surface area contributed by atoms with Gasteiger partial charge in [-0.2, -0.15) is 0 Å². The van der Waals surface area contributed by atoms with Crippen LogP contribution in [0.5, 0.6) is 0 Å². The molecule has 0 saturated heterocycles. The second kappa shape index (κ2) is 8.77. The molecule has 2 aromatic carbocycles. The molecule has 1 aliphatic rings. The second-order valence-electron chi connectivity index (χ2n) is 6.74. The van der Waals surface area contributed by atoms with Gasteiger partial charge >= 0.3 is 5.97 Å². The Kier molecular flexibility index (Phi) is 6.40. The van der Waals surface area contributed by atoms with Crippen LogP contribution in [0.1, 0.15) is 36.8 Å². The Bertz CT molecular complexity index is 814. The van der Waals surface area contributed by atoms with Crippen LogP contribution in [-0.4, -0.2) is 18.5 Å². The monoisotopic (exact) mass is 405 g/mol. The molecule has 0 atom stereocenters. The van der Waals surface area contributed by atoms with Gasteiger partial charge in [-0.25, -0.2) is 0 Å². The number of halogens is 2. The van der Waals surface area contributed by atoms with Crippen LogP contribution in [-0.2, 0) is 26.3 Å². The number of benzene rings is 2. The van der Waals surface area contributed by atoms with Crippen molar-refractivity contribution in [1.29, 1.82) is 0 Å². The summed E-state index contributed by atoms with van der Waals surface area (Å²) in [5.41, 5.74) is 1.02. The summed E-state index contributed by atoms with van der Waals surface area (Å²) in [7, 11) is 0. The predicted octanol–water partition coefficient (Wildman–Crippen LogP) is 4.66. The van der Waals surface area contributed by atoms with Crippen LogP contribution in [0.25, 0.3) is 0 Å². The zero-order valence-electron chi connectivity index (χ0n) is 14.8. The summed E-state index contributed by atoms with van der Waals surface area (Å²) < 4.78 is 5.38. The summed E-state index contributed by atoms with van der Waals surface area (Å²) >= 11 is 12.0. The maximum absolute atomic E-state index is 12.8. The molecule has 1 fully saturated rings. The molecule has 2 aromatic rings. The third-order valence-electron chi connectivity index (χ3n) is 5.01. The lowest BCUT2D eigenvalue weighted by Crippen LogP contribution is -2.37. The van der Waals surface area contributed by atoms with Gasteiger partial charge in [0.25, 0.3) is 5.91 Å². The standard InChI is InChI=1S/C21H21Cl2NO3/c22-17-9-7-16(8-10-17)21(11-3-4-12-21)20(26)27-14-19(25)24-13-15-5-1-2-6-18(15)23/h1-2,5-10H,3-4,11-14H2,(H,24,25). The van der Waals surface area contributed by atoms with Gasteiger partial charge in [0.15, 0.2) is 6.61 Å². The Labute approximate surface area is 168 Å². The lowest BCUT2D eigenvalue weighted by molar-refractivity contribution is -0.154. The van der Waals surface area contributed by atoms with Crippen LogP contribution in [0, 0.1) is 0 Å². The van der Waals surface area contributed by atoms with E-state index >= 15 is 0 Å². The van der Waals surface area contributed by atoms with E-state index < -0.39 is 5.41 Å². The first-order valence-corrected chi connectivity index (χ1v) is 9.70. The number of rotatable bonds is 6. The summed E-state index contributed by atoms with van der Waals surface area (Å²) in [4.78, 5) is 24.9. The van der Waals surface area contributed by atoms with Crippen LogP contribution in [0.15, 0.2) is 48.5 Å². The molecule has 0 radical (unpaired) electrons. The van der Waals surface area contributed by atoms with Crippen LogP contribution in [0.3, 0.4) is 0 Å². The van der Waals surface area contributed by atoms with E-state index in [-0.39, 0.29) is 18.5 Å². The molecule has 0 aliphatic heterocycles. The van der Waals surface area contributed by atoms with Gasteiger partial charge in [0.1, 0.15) is 0 Å². The minimum Gasteiger partial charge on any atom is -0.455 e. The normalized spacial score (nSPS) is 15.3. The first-order valence-electron chi connectivity index (χ1n) is 8.95. The fourth-order valence-electron chi connectivity index (χ4n) is 3.51. The summed E-state index contributed by atoms with van der Waals surface area (Å²) in [5, 5.41) is 3.94. The molecular formula is C21H21Cl2NO3. The molecule has 3 rings (SSSR count). The molecule has 0 unspecified atom stereocenters. The highest BCUT2D eigenvalue weighted by molar-refractivity contribution is 6.31. The smallest absolute Gasteiger partial charge is 0.317 e. The van der Waals surface area contributed by atoms with Gasteiger partial charge in [0, 0.05) is 16.6 Å². The van der Waals surface area contributed by atoms with E-state index in [0.717, 1.165) is 24.0 Å². The van der Waals surface area contributed by atoms with Crippen molar-refractivity contribution in [1.82, 2.24) is 5.32 Å². The molecule has 0 bridgehead atoms. The molecule has 1 amide bonds. The van der Waals surface area contributed by atoms with Gasteiger partial charge in [-0.3, -0.25) is 9.59 Å². The fraction of sp³-hybridized carbons (Fsp3) is 0.333. The molecule has 142 valence electrons. The minimum absolute atomic E-state index is 0.290. The minimum atomic E-state index is -0.687. The van der Waals surface area contributed by atoms with Gasteiger partial charge in [0.2, 0.25) is 0 Å². The van der Waals surface area contributed by atoms with Gasteiger partial charge < -0.3 is 10.1 Å². The summed E-state index contributed by atoms with van der Waals surface area (Å²) in [5.74, 6) is -0.706. The van der Waals surface area contributed by atoms with Crippen LogP contribution < -0.4 is 5.32 Å². The molecule has 27 heavy (non-hydrogen) atoms. The number of esters is 1. The van der Waals surface area contributed by atoms with Crippen LogP contribution in [0.4, 0.5) is 0 Å². The Morgan fingerprint density at radius 3 is 2.33 bits per heavy atom. The quantitative estimate of drug-likeness (QED) is 0.710. The average molecular weight is 406 g/mol. The number of nitrogens with one attached hydrogen (secondary N) is 1. The third-order valence-corrected chi connectivity index (χ3v) is 5.63. The van der Waals surface area contributed by atoms with Crippen molar-refractivity contribution in [3.8, 4) is 0 Å². The van der Waals surface area contributed by atoms with E-state index in [1.54, 1.807) is 18.2 Å². The Balaban J connectivity index is 1.59. The number of carbonyl (C=O) groups excluding carboxylic acids is 2. The largest absolute Gasteiger partial charge is 0.455 e. The van der Waals surface area contributed by atoms with E-state index in [1.165, 1.54) is 0 Å². The van der Waals surface area contributed by atoms with Crippen molar-refractivity contribution in [3.63, 3.8) is 0 Å². The first kappa shape index (κ1) is 19.7. The highest BCUT2D eigenvalue weighted by Crippen LogP contribution is 2.42. The summed E-state index contributed by atoms with van der Waals surface area (Å²) in [6.07, 6.45) is 3.34. The van der Waals surface area contributed by atoms with E-state index in [2.05, 4.69) is 5.32 Å². The SMILES string of the molecule is O=C(COC(=O)C1(c2ccc(Cl)cc2)CCCC1)NCc1ccccc1Cl. The third kappa shape index (κ3) is 4.63. The second-order valence-corrected chi connectivity index (χ2v) is 7.58. The van der Waals surface area contributed by atoms with Crippen LogP contribution >= 0.6 is 23.2 Å². The predicted molar refractivity (Wildman–Crippen MR) is 106 cm³/mol.